The molecule has 2 aliphatic rings. The van der Waals surface area contributed by atoms with Gasteiger partial charge in [-0.25, -0.2) is 0 Å². The lowest BCUT2D eigenvalue weighted by Gasteiger charge is -2.31. The monoisotopic (exact) mass is 383 g/mol. The van der Waals surface area contributed by atoms with Gasteiger partial charge in [-0.05, 0) is 49.8 Å². The van der Waals surface area contributed by atoms with E-state index in [0.717, 1.165) is 56.5 Å². The first-order chi connectivity index (χ1) is 13.5. The van der Waals surface area contributed by atoms with Crippen LogP contribution in [0.15, 0.2) is 34.9 Å². The van der Waals surface area contributed by atoms with Crippen LogP contribution in [0.2, 0.25) is 0 Å². The number of piperidine rings is 1. The molecule has 1 aromatic heterocycles. The van der Waals surface area contributed by atoms with Gasteiger partial charge in [-0.1, -0.05) is 6.92 Å². The number of carbonyl (C=O) groups excluding carboxylic acids is 1. The first-order valence-electron chi connectivity index (χ1n) is 9.93. The zero-order chi connectivity index (χ0) is 19.7. The largest absolute Gasteiger partial charge is 0.469 e. The summed E-state index contributed by atoms with van der Waals surface area (Å²) in [5, 5.41) is 14.7. The second-order valence-corrected chi connectivity index (χ2v) is 7.85. The highest BCUT2D eigenvalue weighted by atomic mass is 16.6. The number of carbonyl (C=O) groups is 1. The number of benzene rings is 1. The third-order valence-corrected chi connectivity index (χ3v) is 5.92. The molecule has 1 unspecified atom stereocenters. The number of aryl methyl sites for hydroxylation is 1. The van der Waals surface area contributed by atoms with E-state index in [1.807, 2.05) is 6.07 Å². The summed E-state index contributed by atoms with van der Waals surface area (Å²) in [5.41, 5.74) is 1.92. The third-order valence-electron chi connectivity index (χ3n) is 5.92. The Morgan fingerprint density at radius 1 is 1.25 bits per heavy atom. The minimum absolute atomic E-state index is 0.00477. The second kappa shape index (κ2) is 7.66. The van der Waals surface area contributed by atoms with Crippen molar-refractivity contribution in [1.82, 2.24) is 5.32 Å². The Balaban J connectivity index is 1.54. The molecule has 0 saturated carbocycles. The van der Waals surface area contributed by atoms with E-state index in [1.165, 1.54) is 6.07 Å². The van der Waals surface area contributed by atoms with Gasteiger partial charge < -0.3 is 14.6 Å². The number of nitro groups is 1. The summed E-state index contributed by atoms with van der Waals surface area (Å²) in [6, 6.07) is 6.59. The average Bonchev–Trinajstić information content (AvgIpc) is 3.18. The highest BCUT2D eigenvalue weighted by Crippen LogP contribution is 2.34. The smallest absolute Gasteiger partial charge is 0.293 e. The molecule has 1 aliphatic carbocycles. The van der Waals surface area contributed by atoms with Gasteiger partial charge >= 0.3 is 0 Å². The van der Waals surface area contributed by atoms with Crippen molar-refractivity contribution in [3.8, 4) is 0 Å². The van der Waals surface area contributed by atoms with Crippen LogP contribution in [0.4, 0.5) is 11.4 Å². The number of fused-ring (bicyclic) bond motifs is 1. The maximum atomic E-state index is 12.8. The molecule has 7 heteroatoms. The molecule has 4 rings (SSSR count). The Morgan fingerprint density at radius 2 is 2.04 bits per heavy atom. The fraction of sp³-hybridized carbons (Fsp3) is 0.476. The molecule has 0 spiro atoms. The molecule has 1 amide bonds. The SMILES string of the molecule is CC1CCN(c2ccc(C(=O)NC3CCCc4occc43)cc2[N+](=O)[O-])CC1. The molecule has 1 saturated heterocycles. The van der Waals surface area contributed by atoms with Crippen LogP contribution in [0.5, 0.6) is 0 Å². The number of rotatable bonds is 4. The van der Waals surface area contributed by atoms with E-state index >= 15 is 0 Å². The van der Waals surface area contributed by atoms with Crippen molar-refractivity contribution in [1.29, 1.82) is 0 Å². The van der Waals surface area contributed by atoms with Crippen molar-refractivity contribution < 1.29 is 14.1 Å². The summed E-state index contributed by atoms with van der Waals surface area (Å²) in [6.45, 7) is 3.81. The molecule has 0 radical (unpaired) electrons. The number of furan rings is 1. The Hall–Kier alpha value is -2.83. The van der Waals surface area contributed by atoms with E-state index in [2.05, 4.69) is 17.1 Å². The van der Waals surface area contributed by atoms with Gasteiger partial charge in [0.2, 0.25) is 0 Å². The number of amides is 1. The molecule has 148 valence electrons. The molecule has 1 aliphatic heterocycles. The quantitative estimate of drug-likeness (QED) is 0.630. The molecule has 2 aromatic rings. The van der Waals surface area contributed by atoms with Crippen molar-refractivity contribution in [2.75, 3.05) is 18.0 Å². The Kier molecular flexibility index (Phi) is 5.07. The normalized spacial score (nSPS) is 19.9. The molecular weight excluding hydrogens is 358 g/mol. The van der Waals surface area contributed by atoms with Gasteiger partial charge in [0.25, 0.3) is 11.6 Å². The molecule has 1 aromatic carbocycles. The number of nitrogens with zero attached hydrogens (tertiary/aromatic N) is 2. The number of anilines is 1. The molecule has 1 atom stereocenters. The molecular formula is C21H25N3O4. The lowest BCUT2D eigenvalue weighted by Crippen LogP contribution is -2.33. The van der Waals surface area contributed by atoms with E-state index < -0.39 is 0 Å². The Bertz CT molecular complexity index is 884. The highest BCUT2D eigenvalue weighted by Gasteiger charge is 2.27. The van der Waals surface area contributed by atoms with E-state index in [9.17, 15) is 14.9 Å². The summed E-state index contributed by atoms with van der Waals surface area (Å²) in [6.07, 6.45) is 6.35. The molecule has 28 heavy (non-hydrogen) atoms. The maximum Gasteiger partial charge on any atom is 0.293 e. The van der Waals surface area contributed by atoms with Crippen molar-refractivity contribution in [2.24, 2.45) is 5.92 Å². The fourth-order valence-electron chi connectivity index (χ4n) is 4.21. The highest BCUT2D eigenvalue weighted by molar-refractivity contribution is 5.96. The zero-order valence-electron chi connectivity index (χ0n) is 16.0. The first kappa shape index (κ1) is 18.5. The second-order valence-electron chi connectivity index (χ2n) is 7.85. The van der Waals surface area contributed by atoms with Crippen LogP contribution < -0.4 is 10.2 Å². The summed E-state index contributed by atoms with van der Waals surface area (Å²) in [7, 11) is 0. The summed E-state index contributed by atoms with van der Waals surface area (Å²) < 4.78 is 5.47. The number of hydrogen-bond acceptors (Lipinski definition) is 5. The minimum atomic E-state index is -0.390. The van der Waals surface area contributed by atoms with Crippen molar-refractivity contribution >= 4 is 17.3 Å². The molecule has 7 nitrogen and oxygen atoms in total. The van der Waals surface area contributed by atoms with Crippen LogP contribution in [-0.2, 0) is 6.42 Å². The number of nitrogens with one attached hydrogen (secondary N) is 1. The molecule has 2 heterocycles. The van der Waals surface area contributed by atoms with Gasteiger partial charge in [-0.15, -0.1) is 0 Å². The van der Waals surface area contributed by atoms with Crippen LogP contribution in [0, 0.1) is 16.0 Å². The lowest BCUT2D eigenvalue weighted by atomic mass is 9.93. The minimum Gasteiger partial charge on any atom is -0.469 e. The van der Waals surface area contributed by atoms with Gasteiger partial charge in [0.15, 0.2) is 0 Å². The van der Waals surface area contributed by atoms with Crippen LogP contribution >= 0.6 is 0 Å². The van der Waals surface area contributed by atoms with Gasteiger partial charge in [-0.2, -0.15) is 0 Å². The van der Waals surface area contributed by atoms with E-state index in [-0.39, 0.29) is 22.6 Å². The predicted molar refractivity (Wildman–Crippen MR) is 106 cm³/mol. The summed E-state index contributed by atoms with van der Waals surface area (Å²) in [4.78, 5) is 26.1. The summed E-state index contributed by atoms with van der Waals surface area (Å²) >= 11 is 0. The van der Waals surface area contributed by atoms with Gasteiger partial charge in [0.05, 0.1) is 17.2 Å². The number of hydrogen-bond donors (Lipinski definition) is 1. The zero-order valence-corrected chi connectivity index (χ0v) is 16.0. The van der Waals surface area contributed by atoms with Crippen LogP contribution in [0.3, 0.4) is 0 Å². The maximum absolute atomic E-state index is 12.8. The van der Waals surface area contributed by atoms with Crippen molar-refractivity contribution in [3.05, 3.63) is 57.5 Å². The lowest BCUT2D eigenvalue weighted by molar-refractivity contribution is -0.384. The molecule has 1 fully saturated rings. The standard InChI is InChI=1S/C21H25N3O4/c1-14-7-10-23(11-8-14)18-6-5-15(13-19(18)24(26)27)21(25)22-17-3-2-4-20-16(17)9-12-28-20/h5-6,9,12-14,17H,2-4,7-8,10-11H2,1H3,(H,22,25). The van der Waals surface area contributed by atoms with Crippen LogP contribution in [0.1, 0.15) is 60.3 Å². The van der Waals surface area contributed by atoms with Crippen LogP contribution in [0.25, 0.3) is 0 Å². The fourth-order valence-corrected chi connectivity index (χ4v) is 4.21. The van der Waals surface area contributed by atoms with Crippen LogP contribution in [-0.4, -0.2) is 23.9 Å². The molecule has 0 bridgehead atoms. The van der Waals surface area contributed by atoms with E-state index in [0.29, 0.717) is 17.2 Å². The van der Waals surface area contributed by atoms with Gasteiger partial charge in [0, 0.05) is 36.7 Å². The average molecular weight is 383 g/mol. The summed E-state index contributed by atoms with van der Waals surface area (Å²) in [5.74, 6) is 1.27. The van der Waals surface area contributed by atoms with E-state index in [1.54, 1.807) is 18.4 Å². The first-order valence-corrected chi connectivity index (χ1v) is 9.93. The predicted octanol–water partition coefficient (Wildman–Crippen LogP) is 4.23. The van der Waals surface area contributed by atoms with Crippen molar-refractivity contribution in [3.63, 3.8) is 0 Å². The Morgan fingerprint density at radius 3 is 2.79 bits per heavy atom. The number of nitro benzene ring substituents is 1. The van der Waals surface area contributed by atoms with Gasteiger partial charge in [-0.3, -0.25) is 14.9 Å². The Labute approximate surface area is 163 Å². The molecule has 1 N–H and O–H groups in total. The van der Waals surface area contributed by atoms with Gasteiger partial charge in [0.1, 0.15) is 11.4 Å². The topological polar surface area (TPSA) is 88.6 Å². The van der Waals surface area contributed by atoms with E-state index in [4.69, 9.17) is 4.42 Å². The third kappa shape index (κ3) is 3.61. The van der Waals surface area contributed by atoms with Crippen molar-refractivity contribution in [2.45, 2.75) is 45.1 Å².